The summed E-state index contributed by atoms with van der Waals surface area (Å²) in [6.07, 6.45) is 12.4. The first kappa shape index (κ1) is 20.3. The Kier molecular flexibility index (Phi) is 4.99. The van der Waals surface area contributed by atoms with E-state index in [1.807, 2.05) is 19.1 Å². The summed E-state index contributed by atoms with van der Waals surface area (Å²) in [7, 11) is 0. The molecule has 32 heavy (non-hydrogen) atoms. The molecule has 1 amide bonds. The SMILES string of the molecule is C[C@H](Nc1cccc(-c2nnc3n2CCCCC3)c1)C(=O)NC12CC3CC(CC(C3)C1)C2. The van der Waals surface area contributed by atoms with E-state index < -0.39 is 0 Å². The molecule has 0 unspecified atom stereocenters. The molecule has 4 saturated carbocycles. The van der Waals surface area contributed by atoms with Gasteiger partial charge < -0.3 is 15.2 Å². The van der Waals surface area contributed by atoms with Crippen LogP contribution in [0.15, 0.2) is 24.3 Å². The van der Waals surface area contributed by atoms with Gasteiger partial charge in [-0.15, -0.1) is 10.2 Å². The first-order valence-electron chi connectivity index (χ1n) is 12.7. The number of nitrogens with one attached hydrogen (secondary N) is 2. The maximum atomic E-state index is 13.2. The van der Waals surface area contributed by atoms with Crippen molar-refractivity contribution < 1.29 is 4.79 Å². The summed E-state index contributed by atoms with van der Waals surface area (Å²) >= 11 is 0. The number of amides is 1. The van der Waals surface area contributed by atoms with Gasteiger partial charge in [0.2, 0.25) is 5.91 Å². The number of hydrogen-bond donors (Lipinski definition) is 2. The van der Waals surface area contributed by atoms with Crippen molar-refractivity contribution in [2.45, 2.75) is 89.3 Å². The number of hydrogen-bond acceptors (Lipinski definition) is 4. The molecule has 7 rings (SSSR count). The van der Waals surface area contributed by atoms with Gasteiger partial charge in [0, 0.05) is 29.8 Å². The number of anilines is 1. The van der Waals surface area contributed by atoms with Crippen molar-refractivity contribution in [2.75, 3.05) is 5.32 Å². The summed E-state index contributed by atoms with van der Waals surface area (Å²) < 4.78 is 2.27. The molecule has 1 aromatic carbocycles. The Morgan fingerprint density at radius 1 is 1.06 bits per heavy atom. The number of benzene rings is 1. The molecule has 4 aliphatic carbocycles. The van der Waals surface area contributed by atoms with Crippen LogP contribution < -0.4 is 10.6 Å². The molecule has 2 N–H and O–H groups in total. The summed E-state index contributed by atoms with van der Waals surface area (Å²) in [5.74, 6) is 4.67. The zero-order valence-electron chi connectivity index (χ0n) is 19.1. The highest BCUT2D eigenvalue weighted by molar-refractivity contribution is 5.85. The Labute approximate surface area is 190 Å². The second-order valence-corrected chi connectivity index (χ2v) is 11.0. The van der Waals surface area contributed by atoms with Gasteiger partial charge in [-0.1, -0.05) is 18.6 Å². The van der Waals surface area contributed by atoms with Crippen LogP contribution in [-0.4, -0.2) is 32.3 Å². The van der Waals surface area contributed by atoms with Gasteiger partial charge in [0.25, 0.3) is 0 Å². The van der Waals surface area contributed by atoms with Crippen LogP contribution >= 0.6 is 0 Å². The minimum absolute atomic E-state index is 0.0582. The first-order valence-corrected chi connectivity index (χ1v) is 12.7. The minimum Gasteiger partial charge on any atom is -0.374 e. The van der Waals surface area contributed by atoms with E-state index in [9.17, 15) is 4.79 Å². The first-order chi connectivity index (χ1) is 15.6. The number of aromatic nitrogens is 3. The lowest BCUT2D eigenvalue weighted by molar-refractivity contribution is -0.127. The summed E-state index contributed by atoms with van der Waals surface area (Å²) in [6, 6.07) is 8.01. The molecule has 0 saturated heterocycles. The lowest BCUT2D eigenvalue weighted by atomic mass is 9.53. The van der Waals surface area contributed by atoms with Crippen LogP contribution in [0.2, 0.25) is 0 Å². The van der Waals surface area contributed by atoms with Crippen molar-refractivity contribution in [1.82, 2.24) is 20.1 Å². The zero-order valence-corrected chi connectivity index (χ0v) is 19.1. The fraction of sp³-hybridized carbons (Fsp3) is 0.654. The van der Waals surface area contributed by atoms with Crippen LogP contribution in [0.1, 0.15) is 70.5 Å². The van der Waals surface area contributed by atoms with Gasteiger partial charge in [0.1, 0.15) is 11.9 Å². The number of aryl methyl sites for hydroxylation is 1. The highest BCUT2D eigenvalue weighted by atomic mass is 16.2. The maximum Gasteiger partial charge on any atom is 0.242 e. The van der Waals surface area contributed by atoms with Crippen LogP contribution in [0.25, 0.3) is 11.4 Å². The van der Waals surface area contributed by atoms with Gasteiger partial charge in [0.15, 0.2) is 5.82 Å². The van der Waals surface area contributed by atoms with Gasteiger partial charge in [-0.2, -0.15) is 0 Å². The summed E-state index contributed by atoms with van der Waals surface area (Å²) in [5.41, 5.74) is 2.08. The minimum atomic E-state index is -0.270. The van der Waals surface area contributed by atoms with E-state index in [-0.39, 0.29) is 17.5 Å². The molecule has 2 aromatic rings. The van der Waals surface area contributed by atoms with Crippen LogP contribution in [0.4, 0.5) is 5.69 Å². The molecule has 1 atom stereocenters. The Bertz CT molecular complexity index is 976. The van der Waals surface area contributed by atoms with Crippen molar-refractivity contribution in [1.29, 1.82) is 0 Å². The van der Waals surface area contributed by atoms with Gasteiger partial charge in [-0.05, 0) is 88.2 Å². The zero-order chi connectivity index (χ0) is 21.7. The lowest BCUT2D eigenvalue weighted by Crippen LogP contribution is -2.61. The second kappa shape index (κ2) is 7.89. The van der Waals surface area contributed by atoms with Crippen molar-refractivity contribution >= 4 is 11.6 Å². The van der Waals surface area contributed by atoms with Gasteiger partial charge in [0.05, 0.1) is 0 Å². The molecule has 0 radical (unpaired) electrons. The van der Waals surface area contributed by atoms with Crippen molar-refractivity contribution in [3.8, 4) is 11.4 Å². The van der Waals surface area contributed by atoms with Crippen LogP contribution in [0, 0.1) is 17.8 Å². The third kappa shape index (κ3) is 3.71. The van der Waals surface area contributed by atoms with E-state index in [4.69, 9.17) is 0 Å². The maximum absolute atomic E-state index is 13.2. The smallest absolute Gasteiger partial charge is 0.242 e. The number of nitrogens with zero attached hydrogens (tertiary/aromatic N) is 3. The number of carbonyl (C=O) groups excluding carboxylic acids is 1. The molecular weight excluding hydrogens is 398 g/mol. The van der Waals surface area contributed by atoms with E-state index >= 15 is 0 Å². The quantitative estimate of drug-likeness (QED) is 0.725. The lowest BCUT2D eigenvalue weighted by Gasteiger charge is -2.57. The molecule has 4 fully saturated rings. The average Bonchev–Trinajstić information content (AvgIpc) is 3.01. The largest absolute Gasteiger partial charge is 0.374 e. The molecule has 6 nitrogen and oxygen atoms in total. The highest BCUT2D eigenvalue weighted by Gasteiger charge is 2.51. The molecule has 170 valence electrons. The topological polar surface area (TPSA) is 71.8 Å². The average molecular weight is 434 g/mol. The van der Waals surface area contributed by atoms with E-state index in [1.54, 1.807) is 0 Å². The predicted molar refractivity (Wildman–Crippen MR) is 125 cm³/mol. The van der Waals surface area contributed by atoms with Crippen LogP contribution in [-0.2, 0) is 17.8 Å². The summed E-state index contributed by atoms with van der Waals surface area (Å²) in [5, 5.41) is 15.9. The summed E-state index contributed by atoms with van der Waals surface area (Å²) in [4.78, 5) is 13.2. The molecular formula is C26H35N5O. The standard InChI is InChI=1S/C26H35N5O/c1-17(25(32)28-26-14-18-10-19(15-26)12-20(11-18)16-26)27-22-7-5-6-21(13-22)24-30-29-23-8-3-2-4-9-31(23)24/h5-7,13,17-20,27H,2-4,8-12,14-16H2,1H3,(H,28,32)/t17-,18?,19?,20?,26?/m0/s1. The third-order valence-electron chi connectivity index (χ3n) is 8.43. The monoisotopic (exact) mass is 433 g/mol. The molecule has 1 aromatic heterocycles. The molecule has 2 heterocycles. The van der Waals surface area contributed by atoms with E-state index in [2.05, 4.69) is 37.5 Å². The fourth-order valence-electron chi connectivity index (χ4n) is 7.40. The normalized spacial score (nSPS) is 31.6. The van der Waals surface area contributed by atoms with Crippen molar-refractivity contribution in [3.05, 3.63) is 30.1 Å². The van der Waals surface area contributed by atoms with Gasteiger partial charge >= 0.3 is 0 Å². The van der Waals surface area contributed by atoms with E-state index in [1.165, 1.54) is 57.8 Å². The highest BCUT2D eigenvalue weighted by Crippen LogP contribution is 2.55. The molecule has 6 heteroatoms. The van der Waals surface area contributed by atoms with Crippen molar-refractivity contribution in [2.24, 2.45) is 17.8 Å². The molecule has 1 aliphatic heterocycles. The van der Waals surface area contributed by atoms with E-state index in [0.717, 1.165) is 53.6 Å². The molecule has 0 spiro atoms. The van der Waals surface area contributed by atoms with Gasteiger partial charge in [-0.25, -0.2) is 0 Å². The predicted octanol–water partition coefficient (Wildman–Crippen LogP) is 4.56. The Balaban J connectivity index is 1.15. The fourth-order valence-corrected chi connectivity index (χ4v) is 7.40. The molecule has 4 bridgehead atoms. The number of rotatable bonds is 5. The Morgan fingerprint density at radius 3 is 2.56 bits per heavy atom. The Morgan fingerprint density at radius 2 is 1.81 bits per heavy atom. The van der Waals surface area contributed by atoms with E-state index in [0.29, 0.717) is 0 Å². The van der Waals surface area contributed by atoms with Crippen molar-refractivity contribution in [3.63, 3.8) is 0 Å². The summed E-state index contributed by atoms with van der Waals surface area (Å²) in [6.45, 7) is 2.96. The third-order valence-corrected chi connectivity index (χ3v) is 8.43. The van der Waals surface area contributed by atoms with Crippen LogP contribution in [0.3, 0.4) is 0 Å². The van der Waals surface area contributed by atoms with Gasteiger partial charge in [-0.3, -0.25) is 4.79 Å². The van der Waals surface area contributed by atoms with Crippen LogP contribution in [0.5, 0.6) is 0 Å². The second-order valence-electron chi connectivity index (χ2n) is 11.0. The molecule has 5 aliphatic rings. The number of carbonyl (C=O) groups is 1. The number of fused-ring (bicyclic) bond motifs is 1. The Hall–Kier alpha value is -2.37.